The molecule has 0 fully saturated rings. The largest absolute Gasteiger partial charge is 0.462 e. The lowest BCUT2D eigenvalue weighted by atomic mass is 10.0. The first-order valence-corrected chi connectivity index (χ1v) is 7.18. The van der Waals surface area contributed by atoms with Crippen molar-refractivity contribution in [3.05, 3.63) is 46.9 Å². The van der Waals surface area contributed by atoms with Gasteiger partial charge < -0.3 is 15.4 Å². The van der Waals surface area contributed by atoms with E-state index < -0.39 is 18.7 Å². The molecule has 7 heteroatoms. The molecule has 0 aromatic heterocycles. The molecule has 1 unspecified atom stereocenters. The number of hydrogen-bond donors (Lipinski definition) is 2. The van der Waals surface area contributed by atoms with Gasteiger partial charge in [0.2, 0.25) is 0 Å². The molecule has 0 saturated carbocycles. The molecule has 1 aliphatic rings. The molecule has 118 valence electrons. The third-order valence-electron chi connectivity index (χ3n) is 3.27. The highest BCUT2D eigenvalue weighted by molar-refractivity contribution is 7.80. The van der Waals surface area contributed by atoms with Crippen molar-refractivity contribution in [3.8, 4) is 0 Å². The fourth-order valence-corrected chi connectivity index (χ4v) is 2.46. The predicted octanol–water partition coefficient (Wildman–Crippen LogP) is 2.00. The number of rotatable bonds is 5. The Morgan fingerprint density at radius 3 is 2.68 bits per heavy atom. The Morgan fingerprint density at radius 1 is 1.36 bits per heavy atom. The summed E-state index contributed by atoms with van der Waals surface area (Å²) in [5.74, 6) is -0.910. The molecule has 4 nitrogen and oxygen atoms in total. The first-order valence-electron chi connectivity index (χ1n) is 6.77. The van der Waals surface area contributed by atoms with E-state index in [1.807, 2.05) is 0 Å². The van der Waals surface area contributed by atoms with Gasteiger partial charge in [-0.05, 0) is 36.8 Å². The number of halogens is 2. The molecule has 0 amide bonds. The molecular formula is C15H16F2N2O2S. The Balaban J connectivity index is 1.95. The smallest absolute Gasteiger partial charge is 0.337 e. The van der Waals surface area contributed by atoms with Gasteiger partial charge in [-0.3, -0.25) is 0 Å². The van der Waals surface area contributed by atoms with E-state index in [2.05, 4.69) is 10.6 Å². The van der Waals surface area contributed by atoms with Crippen molar-refractivity contribution in [2.24, 2.45) is 0 Å². The molecule has 1 aromatic rings. The third-order valence-corrected chi connectivity index (χ3v) is 3.49. The predicted molar refractivity (Wildman–Crippen MR) is 82.4 cm³/mol. The van der Waals surface area contributed by atoms with Gasteiger partial charge in [0.05, 0.1) is 18.2 Å². The van der Waals surface area contributed by atoms with Crippen LogP contribution >= 0.6 is 12.2 Å². The highest BCUT2D eigenvalue weighted by atomic mass is 32.1. The molecule has 0 aliphatic carbocycles. The second-order valence-corrected chi connectivity index (χ2v) is 5.26. The number of benzene rings is 1. The summed E-state index contributed by atoms with van der Waals surface area (Å²) >= 11 is 4.92. The van der Waals surface area contributed by atoms with Crippen LogP contribution in [-0.4, -0.2) is 30.4 Å². The van der Waals surface area contributed by atoms with Crippen LogP contribution in [0.3, 0.4) is 0 Å². The zero-order chi connectivity index (χ0) is 16.1. The van der Waals surface area contributed by atoms with Gasteiger partial charge in [-0.25, -0.2) is 13.6 Å². The van der Waals surface area contributed by atoms with Crippen LogP contribution in [0, 0.1) is 5.82 Å². The Hall–Kier alpha value is -2.02. The van der Waals surface area contributed by atoms with E-state index in [1.54, 1.807) is 19.1 Å². The Bertz CT molecular complexity index is 602. The minimum absolute atomic E-state index is 0.130. The number of allylic oxidation sites excluding steroid dienone is 1. The number of nitrogens with one attached hydrogen (secondary N) is 2. The highest BCUT2D eigenvalue weighted by Gasteiger charge is 2.29. The van der Waals surface area contributed by atoms with Crippen molar-refractivity contribution < 1.29 is 18.3 Å². The first kappa shape index (κ1) is 16.4. The standard InChI is InChI=1S/C15H16F2N2O2S/c1-9-13(12(8-16)19-15(22)18-9)14(20)21-7-6-10-2-4-11(17)5-3-10/h2-5,12H,6-8H2,1H3,(H2,18,19,22). The number of ether oxygens (including phenoxy) is 1. The minimum atomic E-state index is -0.799. The van der Waals surface area contributed by atoms with Crippen LogP contribution in [0.5, 0.6) is 0 Å². The van der Waals surface area contributed by atoms with Crippen LogP contribution in [0.1, 0.15) is 12.5 Å². The van der Waals surface area contributed by atoms with Crippen molar-refractivity contribution in [2.75, 3.05) is 13.3 Å². The summed E-state index contributed by atoms with van der Waals surface area (Å²) in [7, 11) is 0. The second-order valence-electron chi connectivity index (χ2n) is 4.86. The fourth-order valence-electron chi connectivity index (χ4n) is 2.17. The number of esters is 1. The van der Waals surface area contributed by atoms with E-state index in [9.17, 15) is 13.6 Å². The van der Waals surface area contributed by atoms with Crippen molar-refractivity contribution in [3.63, 3.8) is 0 Å². The molecular weight excluding hydrogens is 310 g/mol. The summed E-state index contributed by atoms with van der Waals surface area (Å²) in [6.45, 7) is 1.01. The number of hydrogen-bond acceptors (Lipinski definition) is 3. The van der Waals surface area contributed by atoms with Crippen LogP contribution in [0.25, 0.3) is 0 Å². The number of carbonyl (C=O) groups is 1. The summed E-state index contributed by atoms with van der Waals surface area (Å²) in [6.07, 6.45) is 0.456. The fraction of sp³-hybridized carbons (Fsp3) is 0.333. The summed E-state index contributed by atoms with van der Waals surface area (Å²) in [5, 5.41) is 5.75. The SMILES string of the molecule is CC1=C(C(=O)OCCc2ccc(F)cc2)C(CF)NC(=S)N1. The Labute approximate surface area is 132 Å². The average molecular weight is 326 g/mol. The van der Waals surface area contributed by atoms with Gasteiger partial charge in [-0.15, -0.1) is 0 Å². The number of thiocarbonyl (C=S) groups is 1. The lowest BCUT2D eigenvalue weighted by Gasteiger charge is -2.27. The topological polar surface area (TPSA) is 50.4 Å². The monoisotopic (exact) mass is 326 g/mol. The van der Waals surface area contributed by atoms with E-state index >= 15 is 0 Å². The quantitative estimate of drug-likeness (QED) is 0.640. The van der Waals surface area contributed by atoms with Gasteiger partial charge in [-0.2, -0.15) is 0 Å². The first-order chi connectivity index (χ1) is 10.5. The van der Waals surface area contributed by atoms with Crippen molar-refractivity contribution in [1.29, 1.82) is 0 Å². The van der Waals surface area contributed by atoms with Gasteiger partial charge in [0.1, 0.15) is 12.5 Å². The van der Waals surface area contributed by atoms with Crippen LogP contribution in [0.4, 0.5) is 8.78 Å². The van der Waals surface area contributed by atoms with Crippen molar-refractivity contribution in [1.82, 2.24) is 10.6 Å². The van der Waals surface area contributed by atoms with Gasteiger partial charge in [-0.1, -0.05) is 12.1 Å². The molecule has 1 atom stereocenters. The minimum Gasteiger partial charge on any atom is -0.462 e. The molecule has 0 bridgehead atoms. The molecule has 1 aliphatic heterocycles. The molecule has 0 spiro atoms. The summed E-state index contributed by atoms with van der Waals surface area (Å²) in [5.41, 5.74) is 1.54. The zero-order valence-corrected chi connectivity index (χ0v) is 12.8. The van der Waals surface area contributed by atoms with E-state index in [0.717, 1.165) is 5.56 Å². The Kier molecular flexibility index (Phi) is 5.43. The molecule has 0 saturated heterocycles. The van der Waals surface area contributed by atoms with Crippen molar-refractivity contribution >= 4 is 23.3 Å². The second kappa shape index (κ2) is 7.31. The number of carbonyl (C=O) groups excluding carboxylic acids is 1. The maximum Gasteiger partial charge on any atom is 0.337 e. The molecule has 1 heterocycles. The number of alkyl halides is 1. The molecule has 2 rings (SSSR count). The lowest BCUT2D eigenvalue weighted by molar-refractivity contribution is -0.139. The van der Waals surface area contributed by atoms with Crippen LogP contribution < -0.4 is 10.6 Å². The summed E-state index contributed by atoms with van der Waals surface area (Å²) in [4.78, 5) is 12.1. The lowest BCUT2D eigenvalue weighted by Crippen LogP contribution is -2.50. The maximum atomic E-state index is 13.0. The van der Waals surface area contributed by atoms with Crippen molar-refractivity contribution in [2.45, 2.75) is 19.4 Å². The van der Waals surface area contributed by atoms with Gasteiger partial charge in [0.25, 0.3) is 0 Å². The average Bonchev–Trinajstić information content (AvgIpc) is 2.48. The molecule has 1 aromatic carbocycles. The summed E-state index contributed by atoms with van der Waals surface area (Å²) < 4.78 is 31.0. The van der Waals surface area contributed by atoms with E-state index in [-0.39, 0.29) is 23.1 Å². The van der Waals surface area contributed by atoms with E-state index in [0.29, 0.717) is 12.1 Å². The van der Waals surface area contributed by atoms with E-state index in [1.165, 1.54) is 12.1 Å². The van der Waals surface area contributed by atoms with Gasteiger partial charge in [0, 0.05) is 12.1 Å². The highest BCUT2D eigenvalue weighted by Crippen LogP contribution is 2.15. The van der Waals surface area contributed by atoms with Gasteiger partial charge >= 0.3 is 5.97 Å². The van der Waals surface area contributed by atoms with Gasteiger partial charge in [0.15, 0.2) is 5.11 Å². The molecule has 22 heavy (non-hydrogen) atoms. The normalized spacial score (nSPS) is 17.8. The molecule has 0 radical (unpaired) electrons. The Morgan fingerprint density at radius 2 is 2.05 bits per heavy atom. The summed E-state index contributed by atoms with van der Waals surface area (Å²) in [6, 6.07) is 5.14. The third kappa shape index (κ3) is 4.00. The van der Waals surface area contributed by atoms with Crippen LogP contribution in [0.2, 0.25) is 0 Å². The molecule has 2 N–H and O–H groups in total. The maximum absolute atomic E-state index is 13.0. The van der Waals surface area contributed by atoms with Crippen LogP contribution in [0.15, 0.2) is 35.5 Å². The van der Waals surface area contributed by atoms with E-state index in [4.69, 9.17) is 17.0 Å². The zero-order valence-electron chi connectivity index (χ0n) is 12.0. The van der Waals surface area contributed by atoms with Crippen LogP contribution in [-0.2, 0) is 16.0 Å².